The normalized spacial score (nSPS) is 18.3. The maximum absolute atomic E-state index is 12.2. The number of carbonyl (C=O) groups excluding carboxylic acids is 1. The van der Waals surface area contributed by atoms with E-state index in [0.717, 1.165) is 19.4 Å². The molecule has 0 aliphatic carbocycles. The Morgan fingerprint density at radius 2 is 2.30 bits per heavy atom. The number of rotatable bonds is 5. The summed E-state index contributed by atoms with van der Waals surface area (Å²) in [4.78, 5) is 12.4. The van der Waals surface area contributed by atoms with Gasteiger partial charge in [0, 0.05) is 6.61 Å². The summed E-state index contributed by atoms with van der Waals surface area (Å²) < 4.78 is 10.8. The van der Waals surface area contributed by atoms with Gasteiger partial charge in [-0.15, -0.1) is 0 Å². The number of para-hydroxylation sites is 2. The molecule has 3 N–H and O–H groups in total. The number of carbonyl (C=O) groups is 1. The number of nitrogens with one attached hydrogen (secondary N) is 1. The van der Waals surface area contributed by atoms with Crippen molar-refractivity contribution in [2.75, 3.05) is 25.1 Å². The standard InChI is InChI=1S/C14H18N2O3S/c15-13(20)9-19-12-6-2-1-5-11(12)16-14(17)10-4-3-7-18-8-10/h1-2,5-6,10H,3-4,7-9H2,(H2,15,20)(H,16,17). The van der Waals surface area contributed by atoms with Gasteiger partial charge in [-0.1, -0.05) is 24.4 Å². The van der Waals surface area contributed by atoms with Gasteiger partial charge in [0.05, 0.1) is 18.2 Å². The van der Waals surface area contributed by atoms with Gasteiger partial charge in [-0.25, -0.2) is 0 Å². The summed E-state index contributed by atoms with van der Waals surface area (Å²) in [6, 6.07) is 7.22. The molecule has 1 aromatic carbocycles. The van der Waals surface area contributed by atoms with Crippen molar-refractivity contribution >= 4 is 28.8 Å². The maximum atomic E-state index is 12.2. The molecule has 6 heteroatoms. The Morgan fingerprint density at radius 1 is 1.50 bits per heavy atom. The molecular weight excluding hydrogens is 276 g/mol. The molecule has 1 fully saturated rings. The molecule has 1 aliphatic rings. The Bertz CT molecular complexity index is 487. The average molecular weight is 294 g/mol. The lowest BCUT2D eigenvalue weighted by Gasteiger charge is -2.21. The Kier molecular flexibility index (Phi) is 5.31. The van der Waals surface area contributed by atoms with Gasteiger partial charge in [-0.2, -0.15) is 0 Å². The molecule has 0 aromatic heterocycles. The van der Waals surface area contributed by atoms with E-state index in [-0.39, 0.29) is 23.4 Å². The number of amides is 1. The van der Waals surface area contributed by atoms with Crippen LogP contribution in [0.1, 0.15) is 12.8 Å². The van der Waals surface area contributed by atoms with Crippen molar-refractivity contribution in [3.05, 3.63) is 24.3 Å². The second kappa shape index (κ2) is 7.21. The first kappa shape index (κ1) is 14.7. The number of hydrogen-bond donors (Lipinski definition) is 2. The van der Waals surface area contributed by atoms with Gasteiger partial charge in [-0.05, 0) is 25.0 Å². The molecule has 0 bridgehead atoms. The Hall–Kier alpha value is -1.66. The first-order valence-corrected chi connectivity index (χ1v) is 6.96. The molecule has 0 radical (unpaired) electrons. The van der Waals surface area contributed by atoms with Crippen molar-refractivity contribution in [1.82, 2.24) is 0 Å². The highest BCUT2D eigenvalue weighted by Gasteiger charge is 2.22. The summed E-state index contributed by atoms with van der Waals surface area (Å²) in [7, 11) is 0. The van der Waals surface area contributed by atoms with Crippen LogP contribution in [0.25, 0.3) is 0 Å². The number of ether oxygens (including phenoxy) is 2. The lowest BCUT2D eigenvalue weighted by molar-refractivity contribution is -0.123. The molecule has 1 aromatic rings. The van der Waals surface area contributed by atoms with Crippen LogP contribution in [0.2, 0.25) is 0 Å². The van der Waals surface area contributed by atoms with E-state index in [0.29, 0.717) is 18.0 Å². The molecule has 1 amide bonds. The van der Waals surface area contributed by atoms with Gasteiger partial charge < -0.3 is 20.5 Å². The SMILES string of the molecule is NC(=S)COc1ccccc1NC(=O)C1CCCOC1. The van der Waals surface area contributed by atoms with Crippen LogP contribution in [-0.4, -0.2) is 30.7 Å². The summed E-state index contributed by atoms with van der Waals surface area (Å²) in [5, 5.41) is 2.88. The number of benzene rings is 1. The Balaban J connectivity index is 2.00. The lowest BCUT2D eigenvalue weighted by Crippen LogP contribution is -2.30. The number of thiocarbonyl (C=S) groups is 1. The monoisotopic (exact) mass is 294 g/mol. The van der Waals surface area contributed by atoms with Crippen LogP contribution in [0.5, 0.6) is 5.75 Å². The van der Waals surface area contributed by atoms with Gasteiger partial charge in [0.1, 0.15) is 17.3 Å². The molecule has 108 valence electrons. The summed E-state index contributed by atoms with van der Waals surface area (Å²) in [5.74, 6) is 0.411. The zero-order valence-corrected chi connectivity index (χ0v) is 11.9. The second-order valence-electron chi connectivity index (χ2n) is 4.65. The van der Waals surface area contributed by atoms with E-state index >= 15 is 0 Å². The number of anilines is 1. The predicted octanol–water partition coefficient (Wildman–Crippen LogP) is 1.72. The fraction of sp³-hybridized carbons (Fsp3) is 0.429. The van der Waals surface area contributed by atoms with E-state index in [1.807, 2.05) is 12.1 Å². The van der Waals surface area contributed by atoms with E-state index in [4.69, 9.17) is 27.4 Å². The largest absolute Gasteiger partial charge is 0.484 e. The van der Waals surface area contributed by atoms with Gasteiger partial charge in [0.15, 0.2) is 0 Å². The summed E-state index contributed by atoms with van der Waals surface area (Å²) >= 11 is 4.78. The molecule has 1 heterocycles. The molecule has 2 rings (SSSR count). The van der Waals surface area contributed by atoms with E-state index in [1.54, 1.807) is 12.1 Å². The molecule has 1 saturated heterocycles. The van der Waals surface area contributed by atoms with Gasteiger partial charge >= 0.3 is 0 Å². The topological polar surface area (TPSA) is 73.6 Å². The highest BCUT2D eigenvalue weighted by atomic mass is 32.1. The lowest BCUT2D eigenvalue weighted by atomic mass is 10.0. The highest BCUT2D eigenvalue weighted by molar-refractivity contribution is 7.80. The molecule has 0 spiro atoms. The minimum absolute atomic E-state index is 0.0453. The van der Waals surface area contributed by atoms with Crippen LogP contribution >= 0.6 is 12.2 Å². The van der Waals surface area contributed by atoms with Crippen molar-refractivity contribution in [3.63, 3.8) is 0 Å². The predicted molar refractivity (Wildman–Crippen MR) is 80.9 cm³/mol. The molecule has 1 aliphatic heterocycles. The molecule has 1 atom stereocenters. The number of hydrogen-bond acceptors (Lipinski definition) is 4. The van der Waals surface area contributed by atoms with Crippen molar-refractivity contribution in [2.24, 2.45) is 11.7 Å². The second-order valence-corrected chi connectivity index (χ2v) is 5.18. The summed E-state index contributed by atoms with van der Waals surface area (Å²) in [6.07, 6.45) is 1.76. The first-order valence-electron chi connectivity index (χ1n) is 6.55. The van der Waals surface area contributed by atoms with Crippen LogP contribution in [-0.2, 0) is 9.53 Å². The fourth-order valence-corrected chi connectivity index (χ4v) is 2.09. The molecule has 0 saturated carbocycles. The van der Waals surface area contributed by atoms with Crippen molar-refractivity contribution in [2.45, 2.75) is 12.8 Å². The van der Waals surface area contributed by atoms with Gasteiger partial charge in [0.25, 0.3) is 0 Å². The minimum atomic E-state index is -0.104. The smallest absolute Gasteiger partial charge is 0.229 e. The van der Waals surface area contributed by atoms with E-state index in [9.17, 15) is 4.79 Å². The third-order valence-electron chi connectivity index (χ3n) is 3.05. The molecule has 20 heavy (non-hydrogen) atoms. The molecule has 5 nitrogen and oxygen atoms in total. The van der Waals surface area contributed by atoms with Crippen LogP contribution < -0.4 is 15.8 Å². The summed E-state index contributed by atoms with van der Waals surface area (Å²) in [5.41, 5.74) is 6.04. The van der Waals surface area contributed by atoms with Gasteiger partial charge in [0.2, 0.25) is 5.91 Å². The Morgan fingerprint density at radius 3 is 3.00 bits per heavy atom. The van der Waals surface area contributed by atoms with Crippen LogP contribution in [0.4, 0.5) is 5.69 Å². The zero-order chi connectivity index (χ0) is 14.4. The third kappa shape index (κ3) is 4.18. The van der Waals surface area contributed by atoms with Gasteiger partial charge in [-0.3, -0.25) is 4.79 Å². The first-order chi connectivity index (χ1) is 9.66. The van der Waals surface area contributed by atoms with Crippen molar-refractivity contribution in [3.8, 4) is 5.75 Å². The van der Waals surface area contributed by atoms with E-state index in [1.165, 1.54) is 0 Å². The molecule has 1 unspecified atom stereocenters. The highest BCUT2D eigenvalue weighted by Crippen LogP contribution is 2.25. The number of nitrogens with two attached hydrogens (primary N) is 1. The van der Waals surface area contributed by atoms with Crippen LogP contribution in [0, 0.1) is 5.92 Å². The zero-order valence-electron chi connectivity index (χ0n) is 11.1. The van der Waals surface area contributed by atoms with Crippen molar-refractivity contribution < 1.29 is 14.3 Å². The maximum Gasteiger partial charge on any atom is 0.229 e. The third-order valence-corrected chi connectivity index (χ3v) is 3.16. The summed E-state index contributed by atoms with van der Waals surface area (Å²) in [6.45, 7) is 1.36. The Labute approximate surface area is 123 Å². The fourth-order valence-electron chi connectivity index (χ4n) is 2.03. The minimum Gasteiger partial charge on any atom is -0.484 e. The van der Waals surface area contributed by atoms with E-state index in [2.05, 4.69) is 5.32 Å². The average Bonchev–Trinajstić information content (AvgIpc) is 2.47. The van der Waals surface area contributed by atoms with Crippen LogP contribution in [0.15, 0.2) is 24.3 Å². The van der Waals surface area contributed by atoms with Crippen LogP contribution in [0.3, 0.4) is 0 Å². The molecular formula is C14H18N2O3S. The quantitative estimate of drug-likeness (QED) is 0.809. The van der Waals surface area contributed by atoms with Crippen molar-refractivity contribution in [1.29, 1.82) is 0 Å². The van der Waals surface area contributed by atoms with E-state index < -0.39 is 0 Å².